The monoisotopic (exact) mass is 325 g/mol. The molecule has 0 fully saturated rings. The second-order valence-corrected chi connectivity index (χ2v) is 6.21. The molecule has 1 amide bonds. The summed E-state index contributed by atoms with van der Waals surface area (Å²) >= 11 is 0. The molecule has 2 aromatic rings. The molecule has 0 heterocycles. The average molecular weight is 325 g/mol. The maximum absolute atomic E-state index is 11.0. The van der Waals surface area contributed by atoms with Crippen molar-refractivity contribution in [1.29, 1.82) is 0 Å². The van der Waals surface area contributed by atoms with E-state index in [0.717, 1.165) is 31.6 Å². The lowest BCUT2D eigenvalue weighted by molar-refractivity contribution is -0.119. The third-order valence-electron chi connectivity index (χ3n) is 3.93. The van der Waals surface area contributed by atoms with Crippen molar-refractivity contribution in [3.63, 3.8) is 0 Å². The van der Waals surface area contributed by atoms with Crippen molar-refractivity contribution in [3.05, 3.63) is 54.1 Å². The number of aryl methyl sites for hydroxylation is 1. The first-order valence-electron chi connectivity index (χ1n) is 8.67. The quantitative estimate of drug-likeness (QED) is 0.770. The van der Waals surface area contributed by atoms with Gasteiger partial charge in [-0.15, -0.1) is 0 Å². The van der Waals surface area contributed by atoms with Gasteiger partial charge < -0.3 is 10.1 Å². The Hall–Kier alpha value is -2.29. The topological polar surface area (TPSA) is 38.3 Å². The molecule has 1 N–H and O–H groups in total. The summed E-state index contributed by atoms with van der Waals surface area (Å²) < 4.78 is 5.62. The van der Waals surface area contributed by atoms with E-state index in [4.69, 9.17) is 4.74 Å². The minimum atomic E-state index is 0.0317. The van der Waals surface area contributed by atoms with Gasteiger partial charge in [0, 0.05) is 13.0 Å². The zero-order valence-corrected chi connectivity index (χ0v) is 14.8. The Balaban J connectivity index is 1.92. The Kier molecular flexibility index (Phi) is 6.86. The fourth-order valence-electron chi connectivity index (χ4n) is 2.63. The summed E-state index contributed by atoms with van der Waals surface area (Å²) in [4.78, 5) is 11.0. The molecule has 0 aliphatic rings. The number of carbonyl (C=O) groups excluding carboxylic acids is 1. The van der Waals surface area contributed by atoms with Crippen molar-refractivity contribution >= 4 is 5.91 Å². The SMILES string of the molecule is CCCOc1ccc(-c2ccc(CCC(C)NC(C)=O)cc2)cc1. The van der Waals surface area contributed by atoms with Crippen molar-refractivity contribution in [1.82, 2.24) is 5.32 Å². The van der Waals surface area contributed by atoms with Crippen LogP contribution in [0.25, 0.3) is 11.1 Å². The zero-order valence-electron chi connectivity index (χ0n) is 14.8. The van der Waals surface area contributed by atoms with Crippen molar-refractivity contribution in [2.75, 3.05) is 6.61 Å². The van der Waals surface area contributed by atoms with E-state index in [9.17, 15) is 4.79 Å². The van der Waals surface area contributed by atoms with Gasteiger partial charge >= 0.3 is 0 Å². The standard InChI is InChI=1S/C21H27NO2/c1-4-15-24-21-13-11-20(12-14-21)19-9-7-18(8-10-19)6-5-16(2)22-17(3)23/h7-14,16H,4-6,15H2,1-3H3,(H,22,23). The number of hydrogen-bond acceptors (Lipinski definition) is 2. The Morgan fingerprint density at radius 3 is 2.17 bits per heavy atom. The van der Waals surface area contributed by atoms with Crippen LogP contribution in [0.3, 0.4) is 0 Å². The molecular formula is C21H27NO2. The van der Waals surface area contributed by atoms with E-state index in [2.05, 4.69) is 48.6 Å². The number of benzene rings is 2. The van der Waals surface area contributed by atoms with Crippen molar-refractivity contribution in [2.24, 2.45) is 0 Å². The fraction of sp³-hybridized carbons (Fsp3) is 0.381. The van der Waals surface area contributed by atoms with Crippen LogP contribution in [0.5, 0.6) is 5.75 Å². The number of rotatable bonds is 8. The number of amides is 1. The van der Waals surface area contributed by atoms with E-state index >= 15 is 0 Å². The van der Waals surface area contributed by atoms with Gasteiger partial charge in [-0.25, -0.2) is 0 Å². The summed E-state index contributed by atoms with van der Waals surface area (Å²) in [5, 5.41) is 2.92. The largest absolute Gasteiger partial charge is 0.494 e. The predicted molar refractivity (Wildman–Crippen MR) is 99.3 cm³/mol. The molecule has 3 heteroatoms. The van der Waals surface area contributed by atoms with Gasteiger partial charge in [-0.1, -0.05) is 43.3 Å². The third-order valence-corrected chi connectivity index (χ3v) is 3.93. The van der Waals surface area contributed by atoms with Crippen LogP contribution in [0.4, 0.5) is 0 Å². The highest BCUT2D eigenvalue weighted by molar-refractivity contribution is 5.73. The van der Waals surface area contributed by atoms with Crippen molar-refractivity contribution < 1.29 is 9.53 Å². The van der Waals surface area contributed by atoms with E-state index in [1.54, 1.807) is 6.92 Å². The van der Waals surface area contributed by atoms with Crippen LogP contribution >= 0.6 is 0 Å². The molecule has 0 bridgehead atoms. The van der Waals surface area contributed by atoms with Gasteiger partial charge in [0.2, 0.25) is 5.91 Å². The second kappa shape index (κ2) is 9.11. The molecule has 1 unspecified atom stereocenters. The van der Waals surface area contributed by atoms with E-state index in [1.165, 1.54) is 16.7 Å². The van der Waals surface area contributed by atoms with Gasteiger partial charge in [-0.3, -0.25) is 4.79 Å². The minimum Gasteiger partial charge on any atom is -0.494 e. The van der Waals surface area contributed by atoms with E-state index in [0.29, 0.717) is 0 Å². The van der Waals surface area contributed by atoms with Gasteiger partial charge in [-0.2, -0.15) is 0 Å². The fourth-order valence-corrected chi connectivity index (χ4v) is 2.63. The molecule has 0 aliphatic heterocycles. The van der Waals surface area contributed by atoms with Crippen molar-refractivity contribution in [3.8, 4) is 16.9 Å². The number of carbonyl (C=O) groups is 1. The molecule has 24 heavy (non-hydrogen) atoms. The van der Waals surface area contributed by atoms with E-state index in [-0.39, 0.29) is 11.9 Å². The van der Waals surface area contributed by atoms with Crippen LogP contribution in [-0.2, 0) is 11.2 Å². The molecule has 0 spiro atoms. The highest BCUT2D eigenvalue weighted by Gasteiger charge is 2.04. The average Bonchev–Trinajstić information content (AvgIpc) is 2.58. The first kappa shape index (κ1) is 18.1. The Bertz CT molecular complexity index is 632. The molecule has 2 aromatic carbocycles. The lowest BCUT2D eigenvalue weighted by Crippen LogP contribution is -2.30. The third kappa shape index (κ3) is 5.73. The van der Waals surface area contributed by atoms with E-state index < -0.39 is 0 Å². The van der Waals surface area contributed by atoms with Gasteiger partial charge in [0.05, 0.1) is 6.61 Å². The first-order chi connectivity index (χ1) is 11.6. The number of nitrogens with one attached hydrogen (secondary N) is 1. The molecule has 3 nitrogen and oxygen atoms in total. The maximum Gasteiger partial charge on any atom is 0.217 e. The van der Waals surface area contributed by atoms with Gasteiger partial charge in [0.15, 0.2) is 0 Å². The smallest absolute Gasteiger partial charge is 0.217 e. The Morgan fingerprint density at radius 2 is 1.62 bits per heavy atom. The minimum absolute atomic E-state index is 0.0317. The van der Waals surface area contributed by atoms with Crippen LogP contribution in [0, 0.1) is 0 Å². The van der Waals surface area contributed by atoms with Crippen LogP contribution in [-0.4, -0.2) is 18.6 Å². The Morgan fingerprint density at radius 1 is 1.04 bits per heavy atom. The second-order valence-electron chi connectivity index (χ2n) is 6.21. The molecule has 1 atom stereocenters. The molecule has 128 valence electrons. The maximum atomic E-state index is 11.0. The summed E-state index contributed by atoms with van der Waals surface area (Å²) in [6.07, 6.45) is 2.93. The number of ether oxygens (including phenoxy) is 1. The molecule has 0 saturated heterocycles. The Labute approximate surface area is 145 Å². The van der Waals surface area contributed by atoms with Crippen LogP contribution in [0.1, 0.15) is 39.2 Å². The van der Waals surface area contributed by atoms with E-state index in [1.807, 2.05) is 19.1 Å². The van der Waals surface area contributed by atoms with Crippen LogP contribution in [0.2, 0.25) is 0 Å². The molecule has 0 aromatic heterocycles. The van der Waals surface area contributed by atoms with Gasteiger partial charge in [0.25, 0.3) is 0 Å². The summed E-state index contributed by atoms with van der Waals surface area (Å²) in [6, 6.07) is 17.1. The predicted octanol–water partition coefficient (Wildman–Crippen LogP) is 4.60. The first-order valence-corrected chi connectivity index (χ1v) is 8.67. The molecule has 0 saturated carbocycles. The van der Waals surface area contributed by atoms with Gasteiger partial charge in [-0.05, 0) is 55.0 Å². The van der Waals surface area contributed by atoms with Gasteiger partial charge in [0.1, 0.15) is 5.75 Å². The normalized spacial score (nSPS) is 11.8. The zero-order chi connectivity index (χ0) is 17.4. The highest BCUT2D eigenvalue weighted by Crippen LogP contribution is 2.23. The molecule has 2 rings (SSSR count). The number of hydrogen-bond donors (Lipinski definition) is 1. The summed E-state index contributed by atoms with van der Waals surface area (Å²) in [7, 11) is 0. The summed E-state index contributed by atoms with van der Waals surface area (Å²) in [5.74, 6) is 0.952. The lowest BCUT2D eigenvalue weighted by atomic mass is 10.0. The molecular weight excluding hydrogens is 298 g/mol. The highest BCUT2D eigenvalue weighted by atomic mass is 16.5. The van der Waals surface area contributed by atoms with Crippen LogP contribution in [0.15, 0.2) is 48.5 Å². The molecule has 0 radical (unpaired) electrons. The summed E-state index contributed by atoms with van der Waals surface area (Å²) in [5.41, 5.74) is 3.69. The molecule has 0 aliphatic carbocycles. The van der Waals surface area contributed by atoms with Crippen LogP contribution < -0.4 is 10.1 Å². The summed E-state index contributed by atoms with van der Waals surface area (Å²) in [6.45, 7) is 6.46. The lowest BCUT2D eigenvalue weighted by Gasteiger charge is -2.12. The van der Waals surface area contributed by atoms with Crippen molar-refractivity contribution in [2.45, 2.75) is 46.1 Å².